The largest absolute Gasteiger partial charge is 0.488 e. The summed E-state index contributed by atoms with van der Waals surface area (Å²) in [6.45, 7) is 6.58. The Balaban J connectivity index is 1.31. The van der Waals surface area contributed by atoms with E-state index in [-0.39, 0.29) is 11.6 Å². The Morgan fingerprint density at radius 2 is 1.86 bits per heavy atom. The maximum Gasteiger partial charge on any atom is 0.191 e. The first-order chi connectivity index (χ1) is 14.2. The van der Waals surface area contributed by atoms with Gasteiger partial charge in [-0.2, -0.15) is 0 Å². The molecule has 3 aliphatic heterocycles. The molecular weight excluding hydrogens is 362 g/mol. The van der Waals surface area contributed by atoms with Crippen molar-refractivity contribution in [2.24, 2.45) is 4.99 Å². The third-order valence-electron chi connectivity index (χ3n) is 6.96. The SMILES string of the molecule is CN=C(NCC1Cc2ccccc2O1)NCC1(N2CCCCC2)CCN(C)CC1. The predicted molar refractivity (Wildman–Crippen MR) is 119 cm³/mol. The fourth-order valence-corrected chi connectivity index (χ4v) is 5.05. The minimum atomic E-state index is 0.172. The number of nitrogens with one attached hydrogen (secondary N) is 2. The van der Waals surface area contributed by atoms with Crippen LogP contribution in [0.25, 0.3) is 0 Å². The van der Waals surface area contributed by atoms with Gasteiger partial charge in [0, 0.05) is 25.6 Å². The molecule has 0 radical (unpaired) electrons. The standard InChI is InChI=1S/C23H37N5O/c1-24-22(25-17-20-16-19-8-4-5-9-21(19)29-20)26-18-23(10-14-27(2)15-11-23)28-12-6-3-7-13-28/h4-5,8-9,20H,3,6-7,10-18H2,1-2H3,(H2,24,25,26). The van der Waals surface area contributed by atoms with Gasteiger partial charge < -0.3 is 20.3 Å². The zero-order valence-corrected chi connectivity index (χ0v) is 18.1. The van der Waals surface area contributed by atoms with E-state index in [9.17, 15) is 0 Å². The number of fused-ring (bicyclic) bond motifs is 1. The second-order valence-corrected chi connectivity index (χ2v) is 8.93. The predicted octanol–water partition coefficient (Wildman–Crippen LogP) is 2.11. The first-order valence-electron chi connectivity index (χ1n) is 11.3. The van der Waals surface area contributed by atoms with E-state index >= 15 is 0 Å². The van der Waals surface area contributed by atoms with Gasteiger partial charge in [0.1, 0.15) is 11.9 Å². The van der Waals surface area contributed by atoms with E-state index in [1.165, 1.54) is 63.8 Å². The summed E-state index contributed by atoms with van der Waals surface area (Å²) in [5.41, 5.74) is 1.56. The zero-order valence-electron chi connectivity index (χ0n) is 18.1. The highest BCUT2D eigenvalue weighted by molar-refractivity contribution is 5.79. The number of likely N-dealkylation sites (tertiary alicyclic amines) is 2. The molecule has 0 saturated carbocycles. The molecule has 4 rings (SSSR count). The summed E-state index contributed by atoms with van der Waals surface area (Å²) in [7, 11) is 4.11. The van der Waals surface area contributed by atoms with Crippen molar-refractivity contribution in [2.75, 3.05) is 53.4 Å². The topological polar surface area (TPSA) is 52.1 Å². The molecule has 1 aromatic rings. The van der Waals surface area contributed by atoms with Crippen LogP contribution in [0.2, 0.25) is 0 Å². The first kappa shape index (κ1) is 20.5. The van der Waals surface area contributed by atoms with Gasteiger partial charge >= 0.3 is 0 Å². The molecular formula is C23H37N5O. The number of piperidine rings is 2. The summed E-state index contributed by atoms with van der Waals surface area (Å²) >= 11 is 0. The van der Waals surface area contributed by atoms with Gasteiger partial charge in [0.05, 0.1) is 6.54 Å². The average molecular weight is 400 g/mol. The van der Waals surface area contributed by atoms with Crippen LogP contribution in [0.1, 0.15) is 37.7 Å². The van der Waals surface area contributed by atoms with Crippen LogP contribution in [0.5, 0.6) is 5.75 Å². The van der Waals surface area contributed by atoms with Crippen LogP contribution in [0.3, 0.4) is 0 Å². The lowest BCUT2D eigenvalue weighted by Gasteiger charge is -2.50. The molecule has 1 aromatic carbocycles. The number of rotatable bonds is 5. The van der Waals surface area contributed by atoms with Gasteiger partial charge in [-0.15, -0.1) is 0 Å². The lowest BCUT2D eigenvalue weighted by molar-refractivity contribution is 0.0173. The van der Waals surface area contributed by atoms with Crippen LogP contribution in [0.15, 0.2) is 29.3 Å². The van der Waals surface area contributed by atoms with Gasteiger partial charge in [0.15, 0.2) is 5.96 Å². The van der Waals surface area contributed by atoms with Crippen LogP contribution in [0, 0.1) is 0 Å². The number of ether oxygens (including phenoxy) is 1. The first-order valence-corrected chi connectivity index (χ1v) is 11.3. The Morgan fingerprint density at radius 1 is 1.10 bits per heavy atom. The van der Waals surface area contributed by atoms with Crippen molar-refractivity contribution < 1.29 is 4.74 Å². The third-order valence-corrected chi connectivity index (χ3v) is 6.96. The Hall–Kier alpha value is -1.79. The van der Waals surface area contributed by atoms with Crippen molar-refractivity contribution in [3.05, 3.63) is 29.8 Å². The summed E-state index contributed by atoms with van der Waals surface area (Å²) in [5, 5.41) is 7.16. The quantitative estimate of drug-likeness (QED) is 0.587. The molecule has 6 heteroatoms. The maximum atomic E-state index is 6.06. The highest BCUT2D eigenvalue weighted by Crippen LogP contribution is 2.31. The van der Waals surface area contributed by atoms with Gasteiger partial charge in [-0.3, -0.25) is 9.89 Å². The molecule has 1 atom stereocenters. The number of guanidine groups is 1. The summed E-state index contributed by atoms with van der Waals surface area (Å²) < 4.78 is 6.06. The summed E-state index contributed by atoms with van der Waals surface area (Å²) in [4.78, 5) is 9.71. The van der Waals surface area contributed by atoms with E-state index in [2.05, 4.69) is 50.7 Å². The molecule has 6 nitrogen and oxygen atoms in total. The van der Waals surface area contributed by atoms with Crippen molar-refractivity contribution >= 4 is 5.96 Å². The van der Waals surface area contributed by atoms with E-state index in [4.69, 9.17) is 4.74 Å². The van der Waals surface area contributed by atoms with Crippen molar-refractivity contribution in [1.82, 2.24) is 20.4 Å². The van der Waals surface area contributed by atoms with Crippen LogP contribution in [-0.4, -0.2) is 80.8 Å². The van der Waals surface area contributed by atoms with E-state index < -0.39 is 0 Å². The molecule has 2 saturated heterocycles. The van der Waals surface area contributed by atoms with Crippen LogP contribution >= 0.6 is 0 Å². The highest BCUT2D eigenvalue weighted by atomic mass is 16.5. The molecule has 0 aliphatic carbocycles. The monoisotopic (exact) mass is 399 g/mol. The Labute approximate surface area is 175 Å². The molecule has 0 aromatic heterocycles. The Morgan fingerprint density at radius 3 is 2.59 bits per heavy atom. The number of benzene rings is 1. The Kier molecular flexibility index (Phi) is 6.60. The van der Waals surface area contributed by atoms with E-state index in [0.29, 0.717) is 0 Å². The van der Waals surface area contributed by atoms with Crippen molar-refractivity contribution in [1.29, 1.82) is 0 Å². The van der Waals surface area contributed by atoms with Gasteiger partial charge in [-0.1, -0.05) is 24.6 Å². The van der Waals surface area contributed by atoms with Crippen molar-refractivity contribution in [2.45, 2.75) is 50.2 Å². The smallest absolute Gasteiger partial charge is 0.191 e. The van der Waals surface area contributed by atoms with E-state index in [1.54, 1.807) is 0 Å². The number of aliphatic imine (C=N–C) groups is 1. The van der Waals surface area contributed by atoms with Crippen molar-refractivity contribution in [3.8, 4) is 5.75 Å². The molecule has 0 spiro atoms. The number of nitrogens with zero attached hydrogens (tertiary/aromatic N) is 3. The molecule has 0 amide bonds. The minimum Gasteiger partial charge on any atom is -0.488 e. The molecule has 3 aliphatic rings. The minimum absolute atomic E-state index is 0.172. The number of hydrogen-bond acceptors (Lipinski definition) is 4. The summed E-state index contributed by atoms with van der Waals surface area (Å²) in [6, 6.07) is 8.34. The molecule has 2 N–H and O–H groups in total. The lowest BCUT2D eigenvalue weighted by Crippen LogP contribution is -2.62. The van der Waals surface area contributed by atoms with Crippen LogP contribution in [-0.2, 0) is 6.42 Å². The molecule has 160 valence electrons. The average Bonchev–Trinajstić information content (AvgIpc) is 3.19. The fourth-order valence-electron chi connectivity index (χ4n) is 5.05. The van der Waals surface area contributed by atoms with Crippen LogP contribution < -0.4 is 15.4 Å². The van der Waals surface area contributed by atoms with Crippen molar-refractivity contribution in [3.63, 3.8) is 0 Å². The number of para-hydroxylation sites is 1. The summed E-state index contributed by atoms with van der Waals surface area (Å²) in [5.74, 6) is 1.91. The van der Waals surface area contributed by atoms with Crippen LogP contribution in [0.4, 0.5) is 0 Å². The Bertz CT molecular complexity index is 667. The number of hydrogen-bond donors (Lipinski definition) is 2. The lowest BCUT2D eigenvalue weighted by atomic mass is 9.84. The van der Waals surface area contributed by atoms with Gasteiger partial charge in [-0.05, 0) is 70.5 Å². The molecule has 3 heterocycles. The second-order valence-electron chi connectivity index (χ2n) is 8.93. The third kappa shape index (κ3) is 4.86. The fraction of sp³-hybridized carbons (Fsp3) is 0.696. The zero-order chi connectivity index (χ0) is 20.1. The normalized spacial score (nSPS) is 25.3. The van der Waals surface area contributed by atoms with E-state index in [1.807, 2.05) is 13.1 Å². The summed E-state index contributed by atoms with van der Waals surface area (Å²) in [6.07, 6.45) is 7.65. The molecule has 1 unspecified atom stereocenters. The van der Waals surface area contributed by atoms with Gasteiger partial charge in [0.25, 0.3) is 0 Å². The second kappa shape index (κ2) is 9.35. The van der Waals surface area contributed by atoms with E-state index in [0.717, 1.165) is 31.2 Å². The highest BCUT2D eigenvalue weighted by Gasteiger charge is 2.39. The van der Waals surface area contributed by atoms with Gasteiger partial charge in [0.2, 0.25) is 0 Å². The molecule has 29 heavy (non-hydrogen) atoms. The molecule has 2 fully saturated rings. The maximum absolute atomic E-state index is 6.06. The molecule has 0 bridgehead atoms. The van der Waals surface area contributed by atoms with Gasteiger partial charge in [-0.25, -0.2) is 0 Å².